The van der Waals surface area contributed by atoms with E-state index in [-0.39, 0.29) is 4.99 Å². The number of likely N-dealkylation sites (tertiary alicyclic amines) is 1. The number of hydrogen-bond donors (Lipinski definition) is 1. The standard InChI is InChI=1S/C15H18N2O2S/c16-15(20)14-13(11-5-1-2-6-12(11)19-14)18-10-9-17-7-3-4-8-17/h1-2,5-6H,3-4,7-10H2,(H2,16,20). The van der Waals surface area contributed by atoms with Crippen molar-refractivity contribution in [2.45, 2.75) is 12.8 Å². The first-order valence-electron chi connectivity index (χ1n) is 6.92. The van der Waals surface area contributed by atoms with Crippen molar-refractivity contribution in [3.63, 3.8) is 0 Å². The Morgan fingerprint density at radius 1 is 1.30 bits per heavy atom. The summed E-state index contributed by atoms with van der Waals surface area (Å²) in [6.07, 6.45) is 2.57. The van der Waals surface area contributed by atoms with Gasteiger partial charge in [-0.2, -0.15) is 0 Å². The Kier molecular flexibility index (Phi) is 3.89. The van der Waals surface area contributed by atoms with Crippen molar-refractivity contribution in [2.24, 2.45) is 5.73 Å². The summed E-state index contributed by atoms with van der Waals surface area (Å²) in [7, 11) is 0. The summed E-state index contributed by atoms with van der Waals surface area (Å²) < 4.78 is 11.6. The first-order valence-corrected chi connectivity index (χ1v) is 7.33. The number of fused-ring (bicyclic) bond motifs is 1. The van der Waals surface area contributed by atoms with E-state index >= 15 is 0 Å². The van der Waals surface area contributed by atoms with Gasteiger partial charge in [-0.3, -0.25) is 4.90 Å². The lowest BCUT2D eigenvalue weighted by molar-refractivity contribution is 0.237. The lowest BCUT2D eigenvalue weighted by Crippen LogP contribution is -2.25. The molecule has 106 valence electrons. The van der Waals surface area contributed by atoms with E-state index in [1.807, 2.05) is 24.3 Å². The molecule has 0 aliphatic carbocycles. The molecular weight excluding hydrogens is 272 g/mol. The SMILES string of the molecule is NC(=S)c1oc2ccccc2c1OCCN1CCCC1. The average Bonchev–Trinajstić information content (AvgIpc) is 3.07. The van der Waals surface area contributed by atoms with Gasteiger partial charge in [0.25, 0.3) is 0 Å². The molecule has 0 saturated carbocycles. The van der Waals surface area contributed by atoms with Gasteiger partial charge in [-0.05, 0) is 38.1 Å². The minimum atomic E-state index is 0.234. The highest BCUT2D eigenvalue weighted by atomic mass is 32.1. The summed E-state index contributed by atoms with van der Waals surface area (Å²) in [5.74, 6) is 1.15. The Morgan fingerprint density at radius 2 is 2.05 bits per heavy atom. The van der Waals surface area contributed by atoms with Crippen molar-refractivity contribution < 1.29 is 9.15 Å². The number of nitrogens with zero attached hydrogens (tertiary/aromatic N) is 1. The van der Waals surface area contributed by atoms with Gasteiger partial charge in [0, 0.05) is 6.54 Å². The summed E-state index contributed by atoms with van der Waals surface area (Å²) in [6.45, 7) is 3.88. The van der Waals surface area contributed by atoms with Gasteiger partial charge in [-0.1, -0.05) is 24.4 Å². The number of nitrogens with two attached hydrogens (primary N) is 1. The van der Waals surface area contributed by atoms with Crippen LogP contribution in [0.3, 0.4) is 0 Å². The minimum absolute atomic E-state index is 0.234. The molecule has 1 aromatic carbocycles. The molecule has 1 aromatic heterocycles. The fourth-order valence-corrected chi connectivity index (χ4v) is 2.74. The van der Waals surface area contributed by atoms with Gasteiger partial charge in [0.15, 0.2) is 5.75 Å². The summed E-state index contributed by atoms with van der Waals surface area (Å²) in [4.78, 5) is 2.64. The minimum Gasteiger partial charge on any atom is -0.487 e. The maximum Gasteiger partial charge on any atom is 0.204 e. The van der Waals surface area contributed by atoms with Crippen LogP contribution in [0, 0.1) is 0 Å². The molecule has 0 spiro atoms. The summed E-state index contributed by atoms with van der Waals surface area (Å²) in [5.41, 5.74) is 6.48. The largest absolute Gasteiger partial charge is 0.487 e. The van der Waals surface area contributed by atoms with Crippen LogP contribution < -0.4 is 10.5 Å². The third kappa shape index (κ3) is 2.64. The lowest BCUT2D eigenvalue weighted by Gasteiger charge is -2.14. The van der Waals surface area contributed by atoms with Crippen LogP contribution in [0.4, 0.5) is 0 Å². The molecule has 0 unspecified atom stereocenters. The van der Waals surface area contributed by atoms with Gasteiger partial charge in [-0.25, -0.2) is 0 Å². The van der Waals surface area contributed by atoms with Gasteiger partial charge in [0.05, 0.1) is 5.39 Å². The number of thiocarbonyl (C=S) groups is 1. The first-order chi connectivity index (χ1) is 9.75. The fourth-order valence-electron chi connectivity index (χ4n) is 2.61. The van der Waals surface area contributed by atoms with Crippen LogP contribution in [0.25, 0.3) is 11.0 Å². The fraction of sp³-hybridized carbons (Fsp3) is 0.400. The third-order valence-corrected chi connectivity index (χ3v) is 3.81. The van der Waals surface area contributed by atoms with Gasteiger partial charge < -0.3 is 14.9 Å². The molecule has 20 heavy (non-hydrogen) atoms. The van der Waals surface area contributed by atoms with Crippen molar-refractivity contribution >= 4 is 28.2 Å². The maximum absolute atomic E-state index is 5.91. The van der Waals surface area contributed by atoms with Crippen LogP contribution in [0.1, 0.15) is 18.6 Å². The summed E-state index contributed by atoms with van der Waals surface area (Å²) >= 11 is 5.04. The number of rotatable bonds is 5. The molecule has 5 heteroatoms. The molecule has 1 saturated heterocycles. The molecule has 2 N–H and O–H groups in total. The second kappa shape index (κ2) is 5.81. The monoisotopic (exact) mass is 290 g/mol. The van der Waals surface area contributed by atoms with E-state index in [0.29, 0.717) is 18.1 Å². The van der Waals surface area contributed by atoms with Crippen molar-refractivity contribution in [1.29, 1.82) is 0 Å². The highest BCUT2D eigenvalue weighted by molar-refractivity contribution is 7.80. The molecule has 0 amide bonds. The topological polar surface area (TPSA) is 51.6 Å². The lowest BCUT2D eigenvalue weighted by atomic mass is 10.2. The van der Waals surface area contributed by atoms with Crippen molar-refractivity contribution in [3.8, 4) is 5.75 Å². The average molecular weight is 290 g/mol. The first kappa shape index (κ1) is 13.4. The van der Waals surface area contributed by atoms with E-state index in [4.69, 9.17) is 27.1 Å². The van der Waals surface area contributed by atoms with E-state index in [1.165, 1.54) is 12.8 Å². The second-order valence-corrected chi connectivity index (χ2v) is 5.46. The number of ether oxygens (including phenoxy) is 1. The smallest absolute Gasteiger partial charge is 0.204 e. The number of furan rings is 1. The Balaban J connectivity index is 1.78. The predicted molar refractivity (Wildman–Crippen MR) is 83.3 cm³/mol. The van der Waals surface area contributed by atoms with E-state index in [9.17, 15) is 0 Å². The molecule has 2 aromatic rings. The zero-order valence-corrected chi connectivity index (χ0v) is 12.1. The van der Waals surface area contributed by atoms with E-state index in [2.05, 4.69) is 4.90 Å². The second-order valence-electron chi connectivity index (χ2n) is 5.02. The maximum atomic E-state index is 5.91. The Labute approximate surface area is 123 Å². The van der Waals surface area contributed by atoms with Gasteiger partial charge in [0.1, 0.15) is 17.2 Å². The van der Waals surface area contributed by atoms with Crippen molar-refractivity contribution in [2.75, 3.05) is 26.2 Å². The van der Waals surface area contributed by atoms with Crippen molar-refractivity contribution in [1.82, 2.24) is 4.90 Å². The van der Waals surface area contributed by atoms with Gasteiger partial charge in [0.2, 0.25) is 5.76 Å². The molecule has 0 radical (unpaired) electrons. The number of benzene rings is 1. The third-order valence-electron chi connectivity index (χ3n) is 3.63. The number of hydrogen-bond acceptors (Lipinski definition) is 4. The van der Waals surface area contributed by atoms with Crippen LogP contribution in [0.5, 0.6) is 5.75 Å². The van der Waals surface area contributed by atoms with E-state index < -0.39 is 0 Å². The predicted octanol–water partition coefficient (Wildman–Crippen LogP) is 2.54. The molecule has 1 aliphatic rings. The molecule has 4 nitrogen and oxygen atoms in total. The van der Waals surface area contributed by atoms with Crippen LogP contribution >= 0.6 is 12.2 Å². The molecule has 0 bridgehead atoms. The summed E-state index contributed by atoms with van der Waals surface area (Å²) in [6, 6.07) is 7.73. The quantitative estimate of drug-likeness (QED) is 0.858. The molecule has 2 heterocycles. The highest BCUT2D eigenvalue weighted by Gasteiger charge is 2.18. The normalized spacial score (nSPS) is 15.8. The van der Waals surface area contributed by atoms with Crippen LogP contribution in [-0.4, -0.2) is 36.1 Å². The zero-order chi connectivity index (χ0) is 13.9. The zero-order valence-electron chi connectivity index (χ0n) is 11.3. The van der Waals surface area contributed by atoms with Gasteiger partial charge >= 0.3 is 0 Å². The molecule has 1 aliphatic heterocycles. The van der Waals surface area contributed by atoms with E-state index in [0.717, 1.165) is 30.6 Å². The molecule has 3 rings (SSSR count). The molecule has 0 atom stereocenters. The molecular formula is C15H18N2O2S. The van der Waals surface area contributed by atoms with E-state index in [1.54, 1.807) is 0 Å². The van der Waals surface area contributed by atoms with Crippen LogP contribution in [0.2, 0.25) is 0 Å². The Hall–Kier alpha value is -1.59. The Bertz CT molecular complexity index is 617. The van der Waals surface area contributed by atoms with Crippen LogP contribution in [0.15, 0.2) is 28.7 Å². The van der Waals surface area contributed by atoms with Crippen molar-refractivity contribution in [3.05, 3.63) is 30.0 Å². The molecule has 1 fully saturated rings. The van der Waals surface area contributed by atoms with Gasteiger partial charge in [-0.15, -0.1) is 0 Å². The highest BCUT2D eigenvalue weighted by Crippen LogP contribution is 2.33. The number of para-hydroxylation sites is 1. The Morgan fingerprint density at radius 3 is 2.80 bits per heavy atom. The summed E-state index contributed by atoms with van der Waals surface area (Å²) in [5, 5.41) is 0.928. The van der Waals surface area contributed by atoms with Crippen LogP contribution in [-0.2, 0) is 0 Å².